The number of hydrogen-bond acceptors (Lipinski definition) is 20. The van der Waals surface area contributed by atoms with Crippen LogP contribution in [0.2, 0.25) is 18.1 Å². The Labute approximate surface area is 628 Å². The first-order valence-electron chi connectivity index (χ1n) is 34.6. The molecule has 0 saturated carbocycles. The lowest BCUT2D eigenvalue weighted by Gasteiger charge is -2.39. The molecule has 8 rings (SSSR count). The second kappa shape index (κ2) is 35.8. The number of fused-ring (bicyclic) bond motifs is 2. The fourth-order valence-corrected chi connectivity index (χ4v) is 13.0. The summed E-state index contributed by atoms with van der Waals surface area (Å²) in [6, 6.07) is 19.7. The molecule has 4 aliphatic heterocycles. The maximum Gasteiger partial charge on any atom is 0.534 e. The predicted octanol–water partition coefficient (Wildman–Crippen LogP) is 16.8. The van der Waals surface area contributed by atoms with Gasteiger partial charge in [-0.05, 0) is 137 Å². The Morgan fingerprint density at radius 2 is 1.05 bits per heavy atom. The first kappa shape index (κ1) is 88.3. The predicted molar refractivity (Wildman–Crippen MR) is 397 cm³/mol. The maximum atomic E-state index is 16.1. The van der Waals surface area contributed by atoms with Crippen LogP contribution < -0.4 is 33.8 Å². The van der Waals surface area contributed by atoms with Gasteiger partial charge in [0.1, 0.15) is 70.2 Å². The third kappa shape index (κ3) is 25.0. The Morgan fingerprint density at radius 1 is 0.626 bits per heavy atom. The van der Waals surface area contributed by atoms with E-state index in [1.807, 2.05) is 102 Å². The molecule has 0 bridgehead atoms. The van der Waals surface area contributed by atoms with Crippen LogP contribution in [0.25, 0.3) is 6.08 Å². The van der Waals surface area contributed by atoms with Crippen LogP contribution in [0.3, 0.4) is 0 Å². The summed E-state index contributed by atoms with van der Waals surface area (Å²) in [6.07, 6.45) is 4.77. The van der Waals surface area contributed by atoms with E-state index in [2.05, 4.69) is 49.9 Å². The van der Waals surface area contributed by atoms with Crippen LogP contribution in [0.15, 0.2) is 115 Å². The van der Waals surface area contributed by atoms with Crippen molar-refractivity contribution in [2.75, 3.05) is 24.9 Å². The molecule has 2 fully saturated rings. The number of ether oxygens (including phenoxy) is 12. The zero-order chi connectivity index (χ0) is 80.3. The Balaban J connectivity index is 0.000000263. The van der Waals surface area contributed by atoms with E-state index in [0.29, 0.717) is 29.5 Å². The minimum Gasteiger partial charge on any atom is -0.497 e. The molecule has 4 aliphatic rings. The summed E-state index contributed by atoms with van der Waals surface area (Å²) < 4.78 is 172. The Bertz CT molecular complexity index is 4000. The number of esters is 2. The van der Waals surface area contributed by atoms with Gasteiger partial charge < -0.3 is 76.1 Å². The highest BCUT2D eigenvalue weighted by Crippen LogP contribution is 2.45. The monoisotopic (exact) mass is 1540 g/mol. The molecule has 107 heavy (non-hydrogen) atoms. The number of nitrogens with one attached hydrogen (secondary N) is 2. The molecule has 4 heterocycles. The van der Waals surface area contributed by atoms with Gasteiger partial charge in [-0.15, -0.1) is 6.58 Å². The molecule has 0 aromatic heterocycles. The van der Waals surface area contributed by atoms with Crippen molar-refractivity contribution in [3.05, 3.63) is 143 Å². The third-order valence-corrected chi connectivity index (χ3v) is 23.3. The van der Waals surface area contributed by atoms with Crippen LogP contribution in [0, 0.1) is 17.8 Å². The summed E-state index contributed by atoms with van der Waals surface area (Å²) in [5.41, 5.74) is -3.97. The lowest BCUT2D eigenvalue weighted by molar-refractivity contribution is -0.158. The molecule has 0 unspecified atom stereocenters. The number of benzene rings is 4. The highest BCUT2D eigenvalue weighted by Gasteiger charge is 2.51. The second-order valence-corrected chi connectivity index (χ2v) is 36.1. The van der Waals surface area contributed by atoms with E-state index in [1.165, 1.54) is 19.9 Å². The average molecular weight is 1540 g/mol. The number of amides is 2. The molecule has 9 atom stereocenters. The zero-order valence-corrected chi connectivity index (χ0v) is 66.1. The van der Waals surface area contributed by atoms with Gasteiger partial charge in [0.25, 0.3) is 0 Å². The summed E-state index contributed by atoms with van der Waals surface area (Å²) in [5, 5.41) is 4.62. The fourth-order valence-electron chi connectivity index (χ4n) is 11.1. The summed E-state index contributed by atoms with van der Waals surface area (Å²) in [5.74, 6) is -8.64. The topological polar surface area (TPSA) is 256 Å². The minimum absolute atomic E-state index is 0.0415. The van der Waals surface area contributed by atoms with Crippen LogP contribution in [-0.4, -0.2) is 142 Å². The van der Waals surface area contributed by atoms with E-state index in [4.69, 9.17) is 77.0 Å². The Kier molecular flexibility index (Phi) is 29.6. The van der Waals surface area contributed by atoms with Crippen molar-refractivity contribution in [3.63, 3.8) is 0 Å². The maximum absolute atomic E-state index is 16.1. The van der Waals surface area contributed by atoms with E-state index in [1.54, 1.807) is 78.4 Å². The molecule has 0 spiro atoms. The van der Waals surface area contributed by atoms with Crippen LogP contribution in [0.1, 0.15) is 161 Å². The van der Waals surface area contributed by atoms with Crippen molar-refractivity contribution in [1.29, 1.82) is 0 Å². The third-order valence-electron chi connectivity index (χ3n) is 17.8. The molecule has 4 aromatic rings. The lowest BCUT2D eigenvalue weighted by atomic mass is 9.95. The minimum atomic E-state index is -6.09. The Hall–Kier alpha value is -7.61. The van der Waals surface area contributed by atoms with E-state index < -0.39 is 118 Å². The largest absolute Gasteiger partial charge is 0.534 e. The molecular formula is C76H99B2F5N2O20SSi. The van der Waals surface area contributed by atoms with Gasteiger partial charge in [-0.2, -0.15) is 21.6 Å². The normalized spacial score (nSPS) is 21.0. The zero-order valence-electron chi connectivity index (χ0n) is 64.2. The van der Waals surface area contributed by atoms with Gasteiger partial charge >= 0.3 is 27.6 Å². The van der Waals surface area contributed by atoms with Gasteiger partial charge in [0.05, 0.1) is 39.6 Å². The first-order valence-corrected chi connectivity index (χ1v) is 38.9. The second-order valence-electron chi connectivity index (χ2n) is 29.8. The number of alkyl halides is 3. The number of methoxy groups -OCH3 is 2. The van der Waals surface area contributed by atoms with Crippen molar-refractivity contribution >= 4 is 75.1 Å². The summed E-state index contributed by atoms with van der Waals surface area (Å²) in [6.45, 7) is 38.3. The molecular weight excluding hydrogens is 1440 g/mol. The SMILES string of the molecule is C=CC[C@@H]1OC(C)(C)O[C@@H]1[C@H](OCc1ccc(OC)cc1)/C(F)=C\[C@@H](C)[C@H](C)O[Si](C)(C)C(C)(C)C.[B]C(=O)Nc1cc(/C=C/C[C@@H]2OC(C)(C)O[C@@H]2[C@H](OCc2ccc(OC)cc2)/C(F)=C\[C@@H](C)C(C)C)c2c(c1)OC(C)(C)OC2=O.[B]C(=O)Nc1cc2c(c(OS(=O)(=O)C(F)(F)F)c1)C(=O)OC(C)(C)O2. The van der Waals surface area contributed by atoms with E-state index >= 15 is 8.78 Å². The summed E-state index contributed by atoms with van der Waals surface area (Å²) in [4.78, 5) is 47.5. The molecule has 4 radical (unpaired) electrons. The van der Waals surface area contributed by atoms with E-state index in [9.17, 15) is 40.8 Å². The highest BCUT2D eigenvalue weighted by molar-refractivity contribution is 7.88. The number of carbonyl (C=O) groups is 4. The molecule has 0 aliphatic carbocycles. The van der Waals surface area contributed by atoms with Crippen molar-refractivity contribution in [2.45, 2.75) is 226 Å². The van der Waals surface area contributed by atoms with Crippen LogP contribution >= 0.6 is 0 Å². The number of carbonyl (C=O) groups excluding carboxylic acids is 4. The van der Waals surface area contributed by atoms with Crippen molar-refractivity contribution in [2.24, 2.45) is 17.8 Å². The molecule has 31 heteroatoms. The molecule has 584 valence electrons. The highest BCUT2D eigenvalue weighted by atomic mass is 32.2. The number of halogens is 5. The summed E-state index contributed by atoms with van der Waals surface area (Å²) in [7, 11) is 5.39. The lowest BCUT2D eigenvalue weighted by Crippen LogP contribution is -2.44. The van der Waals surface area contributed by atoms with E-state index in [-0.39, 0.29) is 83.2 Å². The quantitative estimate of drug-likeness (QED) is 0.0140. The number of cyclic esters (lactones) is 2. The Morgan fingerprint density at radius 3 is 1.46 bits per heavy atom. The van der Waals surface area contributed by atoms with Crippen molar-refractivity contribution < 1.29 is 115 Å². The van der Waals surface area contributed by atoms with Gasteiger partial charge in [0.15, 0.2) is 37.3 Å². The van der Waals surface area contributed by atoms with Crippen molar-refractivity contribution in [1.82, 2.24) is 0 Å². The number of allylic oxidation sites excluding steroid dienone is 1. The van der Waals surface area contributed by atoms with Gasteiger partial charge in [0.2, 0.25) is 27.3 Å². The molecule has 4 aromatic carbocycles. The van der Waals surface area contributed by atoms with E-state index in [0.717, 1.165) is 22.9 Å². The standard InChI is InChI=1S/C35H43BFNO8.C29H47FO5Si.C12H9BF3NO7S/c1-20(2)21(3)16-26(37)30(42-19-22-12-14-25(41-8)15-13-22)31-27(43-34(4,5)45-31)11-9-10-23-17-24(38-33(36)40)18-28-29(23)32(39)46-35(6,7)44-28;1-12-13-25-27(34-29(7,8)33-25)26(32-19-22-14-16-23(31-9)17-15-22)24(30)18-20(2)21(3)35-36(10,11)28(4,5)6;1-11(2)22-6-3-5(17-10(13)19)4-7(8(6)9(18)23-11)24-25(20,21)12(14,15)16/h9-10,12-18,20-21,27,30-31H,11,19H2,1-8H3,(H,38,40);12,14-18,20-21,25-27H,1,13,19H2,2-11H3;3-4H,1-2H3,(H,17,19)/b10-9+,26-16+;24-18+;/t21-,27+,30-,31+;20-,21+,25+,26-,27+;/m11./s1. The number of anilines is 2. The van der Waals surface area contributed by atoms with Crippen LogP contribution in [0.5, 0.6) is 28.7 Å². The summed E-state index contributed by atoms with van der Waals surface area (Å²) >= 11 is 0. The smallest absolute Gasteiger partial charge is 0.497 e. The first-order chi connectivity index (χ1) is 49.4. The van der Waals surface area contributed by atoms with Crippen LogP contribution in [0.4, 0.5) is 42.9 Å². The van der Waals surface area contributed by atoms with Crippen molar-refractivity contribution in [3.8, 4) is 28.7 Å². The number of hydrogen-bond donors (Lipinski definition) is 2. The molecule has 2 saturated heterocycles. The average Bonchev–Trinajstić information content (AvgIpc) is 1.68. The van der Waals surface area contributed by atoms with Crippen LogP contribution in [-0.2, 0) is 65.7 Å². The van der Waals surface area contributed by atoms with Gasteiger partial charge in [-0.3, -0.25) is 9.59 Å². The molecule has 2 N–H and O–H groups in total. The van der Waals surface area contributed by atoms with Gasteiger partial charge in [-0.25, -0.2) is 18.4 Å². The molecule has 2 amide bonds. The fraction of sp³-hybridized carbons (Fsp3) is 0.526. The van der Waals surface area contributed by atoms with Gasteiger partial charge in [-0.1, -0.05) is 91.0 Å². The van der Waals surface area contributed by atoms with Gasteiger partial charge in [0, 0.05) is 69.3 Å². The molecule has 22 nitrogen and oxygen atoms in total. The number of rotatable bonds is 27.